The van der Waals surface area contributed by atoms with Gasteiger partial charge in [0.15, 0.2) is 5.69 Å². The summed E-state index contributed by atoms with van der Waals surface area (Å²) < 4.78 is 14.2. The van der Waals surface area contributed by atoms with Gasteiger partial charge in [0.25, 0.3) is 5.91 Å². The molecule has 0 saturated carbocycles. The maximum absolute atomic E-state index is 14.2. The maximum atomic E-state index is 14.2. The fraction of sp³-hybridized carbons (Fsp3) is 0.308. The molecular formula is C13H14FN5O. The number of hydrogen-bond donors (Lipinski definition) is 2. The first-order valence-electron chi connectivity index (χ1n) is 6.42. The molecule has 1 aromatic heterocycles. The minimum Gasteiger partial charge on any atom is -0.371 e. The molecule has 0 atom stereocenters. The summed E-state index contributed by atoms with van der Waals surface area (Å²) in [5, 5.41) is 9.75. The van der Waals surface area contributed by atoms with E-state index < -0.39 is 11.7 Å². The quantitative estimate of drug-likeness (QED) is 0.884. The zero-order valence-corrected chi connectivity index (χ0v) is 10.8. The number of nitrogens with two attached hydrogens (primary N) is 1. The Labute approximate surface area is 114 Å². The molecule has 6 nitrogen and oxygen atoms in total. The van der Waals surface area contributed by atoms with Crippen molar-refractivity contribution in [3.8, 4) is 11.3 Å². The van der Waals surface area contributed by atoms with Crippen LogP contribution in [0.2, 0.25) is 0 Å². The molecule has 0 aliphatic carbocycles. The minimum atomic E-state index is -0.739. The lowest BCUT2D eigenvalue weighted by Gasteiger charge is -2.18. The first-order valence-corrected chi connectivity index (χ1v) is 6.42. The van der Waals surface area contributed by atoms with E-state index in [4.69, 9.17) is 5.73 Å². The number of hydrogen-bond acceptors (Lipinski definition) is 4. The third kappa shape index (κ3) is 2.11. The predicted molar refractivity (Wildman–Crippen MR) is 71.7 cm³/mol. The Kier molecular flexibility index (Phi) is 3.09. The number of nitrogens with zero attached hydrogens (tertiary/aromatic N) is 3. The molecule has 0 unspecified atom stereocenters. The Morgan fingerprint density at radius 3 is 2.70 bits per heavy atom. The third-order valence-corrected chi connectivity index (χ3v) is 3.46. The van der Waals surface area contributed by atoms with E-state index in [1.807, 2.05) is 6.07 Å². The van der Waals surface area contributed by atoms with Gasteiger partial charge in [-0.1, -0.05) is 0 Å². The van der Waals surface area contributed by atoms with Crippen molar-refractivity contribution in [3.63, 3.8) is 0 Å². The van der Waals surface area contributed by atoms with E-state index in [1.54, 1.807) is 6.07 Å². The number of aromatic nitrogens is 3. The number of amides is 1. The number of rotatable bonds is 3. The Hall–Kier alpha value is -2.44. The Morgan fingerprint density at radius 1 is 1.30 bits per heavy atom. The van der Waals surface area contributed by atoms with Crippen LogP contribution in [-0.4, -0.2) is 34.4 Å². The van der Waals surface area contributed by atoms with Gasteiger partial charge in [0.05, 0.1) is 0 Å². The monoisotopic (exact) mass is 275 g/mol. The summed E-state index contributed by atoms with van der Waals surface area (Å²) >= 11 is 0. The highest BCUT2D eigenvalue weighted by molar-refractivity contribution is 5.96. The van der Waals surface area contributed by atoms with Crippen molar-refractivity contribution in [1.29, 1.82) is 0 Å². The van der Waals surface area contributed by atoms with Gasteiger partial charge in [0, 0.05) is 24.3 Å². The molecule has 0 bridgehead atoms. The van der Waals surface area contributed by atoms with Crippen molar-refractivity contribution in [3.05, 3.63) is 29.7 Å². The number of H-pyrrole nitrogens is 1. The highest BCUT2D eigenvalue weighted by Gasteiger charge is 2.20. The van der Waals surface area contributed by atoms with Crippen LogP contribution in [0, 0.1) is 5.82 Å². The van der Waals surface area contributed by atoms with Gasteiger partial charge in [-0.15, -0.1) is 0 Å². The highest BCUT2D eigenvalue weighted by Crippen LogP contribution is 2.28. The molecule has 1 amide bonds. The van der Waals surface area contributed by atoms with Gasteiger partial charge < -0.3 is 10.6 Å². The van der Waals surface area contributed by atoms with Crippen LogP contribution in [0.3, 0.4) is 0 Å². The molecule has 2 aromatic rings. The van der Waals surface area contributed by atoms with E-state index in [9.17, 15) is 9.18 Å². The smallest absolute Gasteiger partial charge is 0.271 e. The number of carbonyl (C=O) groups excluding carboxylic acids is 1. The first-order chi connectivity index (χ1) is 9.66. The van der Waals surface area contributed by atoms with Crippen LogP contribution in [0.25, 0.3) is 11.3 Å². The molecule has 1 aromatic carbocycles. The van der Waals surface area contributed by atoms with Crippen molar-refractivity contribution < 1.29 is 9.18 Å². The molecule has 3 N–H and O–H groups in total. The molecule has 0 spiro atoms. The highest BCUT2D eigenvalue weighted by atomic mass is 19.1. The van der Waals surface area contributed by atoms with E-state index in [1.165, 1.54) is 6.07 Å². The average Bonchev–Trinajstić information content (AvgIpc) is 3.10. The lowest BCUT2D eigenvalue weighted by atomic mass is 10.1. The van der Waals surface area contributed by atoms with Crippen LogP contribution in [0.4, 0.5) is 10.1 Å². The average molecular weight is 275 g/mol. The lowest BCUT2D eigenvalue weighted by Crippen LogP contribution is -2.17. The van der Waals surface area contributed by atoms with Gasteiger partial charge in [-0.2, -0.15) is 15.4 Å². The number of halogens is 1. The Balaban J connectivity index is 1.98. The second-order valence-electron chi connectivity index (χ2n) is 4.74. The summed E-state index contributed by atoms with van der Waals surface area (Å²) in [4.78, 5) is 13.3. The number of nitrogens with one attached hydrogen (secondary N) is 1. The second-order valence-corrected chi connectivity index (χ2v) is 4.74. The Bertz CT molecular complexity index is 648. The molecule has 104 valence electrons. The summed E-state index contributed by atoms with van der Waals surface area (Å²) in [6.45, 7) is 1.88. The third-order valence-electron chi connectivity index (χ3n) is 3.46. The van der Waals surface area contributed by atoms with Crippen molar-refractivity contribution in [2.24, 2.45) is 5.73 Å². The number of primary amides is 1. The van der Waals surface area contributed by atoms with Crippen LogP contribution >= 0.6 is 0 Å². The van der Waals surface area contributed by atoms with Crippen LogP contribution in [0.15, 0.2) is 18.2 Å². The maximum Gasteiger partial charge on any atom is 0.271 e. The normalized spacial score (nSPS) is 14.8. The summed E-state index contributed by atoms with van der Waals surface area (Å²) in [5.74, 6) is -1.18. The number of aromatic amines is 1. The fourth-order valence-corrected chi connectivity index (χ4v) is 2.46. The summed E-state index contributed by atoms with van der Waals surface area (Å²) in [6, 6.07) is 4.89. The van der Waals surface area contributed by atoms with E-state index in [0.29, 0.717) is 0 Å². The van der Waals surface area contributed by atoms with E-state index in [-0.39, 0.29) is 17.0 Å². The van der Waals surface area contributed by atoms with E-state index in [0.717, 1.165) is 31.6 Å². The largest absolute Gasteiger partial charge is 0.371 e. The van der Waals surface area contributed by atoms with E-state index in [2.05, 4.69) is 20.3 Å². The first kappa shape index (κ1) is 12.6. The molecule has 1 fully saturated rings. The minimum absolute atomic E-state index is 0.0576. The molecule has 3 rings (SSSR count). The van der Waals surface area contributed by atoms with Crippen LogP contribution in [0.1, 0.15) is 23.3 Å². The summed E-state index contributed by atoms with van der Waals surface area (Å²) in [7, 11) is 0. The SMILES string of the molecule is NC(=O)c1n[nH]nc1-c1ccc(N2CCCC2)cc1F. The van der Waals surface area contributed by atoms with Crippen LogP contribution in [0.5, 0.6) is 0 Å². The molecule has 1 saturated heterocycles. The van der Waals surface area contributed by atoms with Crippen LogP contribution < -0.4 is 10.6 Å². The molecule has 2 heterocycles. The summed E-state index contributed by atoms with van der Waals surface area (Å²) in [5.41, 5.74) is 6.33. The van der Waals surface area contributed by atoms with Crippen LogP contribution in [-0.2, 0) is 0 Å². The fourth-order valence-electron chi connectivity index (χ4n) is 2.46. The van der Waals surface area contributed by atoms with E-state index >= 15 is 0 Å². The van der Waals surface area contributed by atoms with Crippen molar-refractivity contribution in [1.82, 2.24) is 15.4 Å². The van der Waals surface area contributed by atoms with Gasteiger partial charge in [0.2, 0.25) is 0 Å². The number of anilines is 1. The molecule has 1 aliphatic rings. The van der Waals surface area contributed by atoms with Gasteiger partial charge in [-0.05, 0) is 31.0 Å². The lowest BCUT2D eigenvalue weighted by molar-refractivity contribution is 0.0996. The Morgan fingerprint density at radius 2 is 2.05 bits per heavy atom. The van der Waals surface area contributed by atoms with Gasteiger partial charge >= 0.3 is 0 Å². The molecule has 20 heavy (non-hydrogen) atoms. The van der Waals surface area contributed by atoms with Gasteiger partial charge in [0.1, 0.15) is 11.5 Å². The van der Waals surface area contributed by atoms with Crippen molar-refractivity contribution in [2.45, 2.75) is 12.8 Å². The van der Waals surface area contributed by atoms with Gasteiger partial charge in [-0.25, -0.2) is 4.39 Å². The zero-order valence-electron chi connectivity index (χ0n) is 10.8. The van der Waals surface area contributed by atoms with Gasteiger partial charge in [-0.3, -0.25) is 4.79 Å². The molecule has 7 heteroatoms. The topological polar surface area (TPSA) is 87.9 Å². The number of benzene rings is 1. The second kappa shape index (κ2) is 4.92. The number of carbonyl (C=O) groups is 1. The molecular weight excluding hydrogens is 261 g/mol. The predicted octanol–water partition coefficient (Wildman–Crippen LogP) is 1.31. The molecule has 0 radical (unpaired) electrons. The zero-order chi connectivity index (χ0) is 14.1. The van der Waals surface area contributed by atoms with Crippen molar-refractivity contribution in [2.75, 3.05) is 18.0 Å². The van der Waals surface area contributed by atoms with Crippen molar-refractivity contribution >= 4 is 11.6 Å². The summed E-state index contributed by atoms with van der Waals surface area (Å²) in [6.07, 6.45) is 2.25. The standard InChI is InChI=1S/C13H14FN5O/c14-10-7-8(19-5-1-2-6-19)3-4-9(10)11-12(13(15)20)17-18-16-11/h3-4,7H,1-2,5-6H2,(H2,15,20)(H,16,17,18). The molecule has 1 aliphatic heterocycles.